The van der Waals surface area contributed by atoms with Gasteiger partial charge in [-0.25, -0.2) is 0 Å². The Kier molecular flexibility index (Phi) is 4.49. The first kappa shape index (κ1) is 15.1. The van der Waals surface area contributed by atoms with Gasteiger partial charge >= 0.3 is 0 Å². The van der Waals surface area contributed by atoms with Crippen LogP contribution in [0, 0.1) is 5.41 Å². The summed E-state index contributed by atoms with van der Waals surface area (Å²) >= 11 is 1.22. The predicted octanol–water partition coefficient (Wildman–Crippen LogP) is 2.49. The van der Waals surface area contributed by atoms with E-state index in [0.717, 1.165) is 36.1 Å². The molecular weight excluding hydrogens is 298 g/mol. The van der Waals surface area contributed by atoms with Crippen LogP contribution in [0.2, 0.25) is 0 Å². The van der Waals surface area contributed by atoms with Crippen molar-refractivity contribution in [1.82, 2.24) is 14.9 Å². The molecule has 1 aromatic heterocycles. The first-order valence-electron chi connectivity index (χ1n) is 7.51. The minimum Gasteiger partial charge on any atom is -0.396 e. The molecule has 0 unspecified atom stereocenters. The van der Waals surface area contributed by atoms with Crippen LogP contribution in [0.1, 0.15) is 36.2 Å². The van der Waals surface area contributed by atoms with Gasteiger partial charge < -0.3 is 10.4 Å². The molecule has 5 nitrogen and oxygen atoms in total. The molecule has 2 aromatic rings. The fourth-order valence-corrected chi connectivity index (χ4v) is 3.65. The standard InChI is InChI=1S/C16H19N3O2S/c20-11-16(8-4-5-9-16)10-17-15(21)13-14(22-19-18-13)12-6-2-1-3-7-12/h1-3,6-7,20H,4-5,8-11H2,(H,17,21). The third-order valence-corrected chi connectivity index (χ3v) is 5.14. The van der Waals surface area contributed by atoms with Gasteiger partial charge in [-0.05, 0) is 29.9 Å². The number of carbonyl (C=O) groups excluding carboxylic acids is 1. The van der Waals surface area contributed by atoms with E-state index in [1.165, 1.54) is 11.5 Å². The molecule has 0 aliphatic heterocycles. The number of aliphatic hydroxyl groups excluding tert-OH is 1. The highest BCUT2D eigenvalue weighted by Crippen LogP contribution is 2.37. The van der Waals surface area contributed by atoms with Crippen molar-refractivity contribution < 1.29 is 9.90 Å². The maximum Gasteiger partial charge on any atom is 0.273 e. The zero-order valence-corrected chi connectivity index (χ0v) is 13.1. The summed E-state index contributed by atoms with van der Waals surface area (Å²) in [6.07, 6.45) is 4.16. The number of benzene rings is 1. The molecular formula is C16H19N3O2S. The second kappa shape index (κ2) is 6.54. The van der Waals surface area contributed by atoms with E-state index in [0.29, 0.717) is 12.2 Å². The Morgan fingerprint density at radius 3 is 2.68 bits per heavy atom. The van der Waals surface area contributed by atoms with Crippen molar-refractivity contribution in [2.45, 2.75) is 25.7 Å². The molecule has 0 radical (unpaired) electrons. The Balaban J connectivity index is 1.72. The van der Waals surface area contributed by atoms with E-state index in [-0.39, 0.29) is 17.9 Å². The fourth-order valence-electron chi connectivity index (χ4n) is 2.99. The first-order chi connectivity index (χ1) is 10.7. The minimum atomic E-state index is -0.215. The molecule has 22 heavy (non-hydrogen) atoms. The van der Waals surface area contributed by atoms with Gasteiger partial charge in [-0.2, -0.15) is 0 Å². The molecule has 1 aliphatic carbocycles. The Bertz CT molecular complexity index is 636. The van der Waals surface area contributed by atoms with Crippen molar-refractivity contribution in [1.29, 1.82) is 0 Å². The van der Waals surface area contributed by atoms with Crippen LogP contribution >= 0.6 is 11.5 Å². The molecule has 6 heteroatoms. The van der Waals surface area contributed by atoms with Gasteiger partial charge in [-0.3, -0.25) is 4.79 Å². The van der Waals surface area contributed by atoms with Crippen LogP contribution in [0.15, 0.2) is 30.3 Å². The van der Waals surface area contributed by atoms with Crippen molar-refractivity contribution in [2.75, 3.05) is 13.2 Å². The van der Waals surface area contributed by atoms with Crippen molar-refractivity contribution in [3.8, 4) is 10.4 Å². The van der Waals surface area contributed by atoms with E-state index in [1.54, 1.807) is 0 Å². The third kappa shape index (κ3) is 3.03. The molecule has 1 aliphatic rings. The van der Waals surface area contributed by atoms with Crippen molar-refractivity contribution in [3.63, 3.8) is 0 Å². The number of aliphatic hydroxyl groups is 1. The lowest BCUT2D eigenvalue weighted by Gasteiger charge is -2.26. The van der Waals surface area contributed by atoms with E-state index in [4.69, 9.17) is 0 Å². The molecule has 0 bridgehead atoms. The summed E-state index contributed by atoms with van der Waals surface area (Å²) in [6.45, 7) is 0.613. The second-order valence-corrected chi connectivity index (χ2v) is 6.62. The van der Waals surface area contributed by atoms with Gasteiger partial charge in [0.15, 0.2) is 5.69 Å². The molecule has 3 rings (SSSR count). The van der Waals surface area contributed by atoms with Crippen LogP contribution in [0.4, 0.5) is 0 Å². The van der Waals surface area contributed by atoms with Crippen LogP contribution in [0.25, 0.3) is 10.4 Å². The van der Waals surface area contributed by atoms with E-state index < -0.39 is 0 Å². The molecule has 1 heterocycles. The zero-order chi connectivity index (χ0) is 15.4. The largest absolute Gasteiger partial charge is 0.396 e. The Morgan fingerprint density at radius 1 is 1.27 bits per heavy atom. The van der Waals surface area contributed by atoms with Gasteiger partial charge in [0, 0.05) is 12.0 Å². The van der Waals surface area contributed by atoms with Crippen LogP contribution in [-0.2, 0) is 0 Å². The Morgan fingerprint density at radius 2 is 2.00 bits per heavy atom. The average Bonchev–Trinajstić information content (AvgIpc) is 3.23. The predicted molar refractivity (Wildman–Crippen MR) is 85.7 cm³/mol. The molecule has 1 aromatic carbocycles. The number of hydrogen-bond donors (Lipinski definition) is 2. The molecule has 1 amide bonds. The highest BCUT2D eigenvalue weighted by Gasteiger charge is 2.34. The van der Waals surface area contributed by atoms with Gasteiger partial charge in [0.25, 0.3) is 5.91 Å². The summed E-state index contributed by atoms with van der Waals surface area (Å²) in [5.74, 6) is -0.215. The zero-order valence-electron chi connectivity index (χ0n) is 12.3. The molecule has 1 saturated carbocycles. The first-order valence-corrected chi connectivity index (χ1v) is 8.28. The molecule has 116 valence electrons. The third-order valence-electron chi connectivity index (χ3n) is 4.36. The quantitative estimate of drug-likeness (QED) is 0.888. The van der Waals surface area contributed by atoms with Gasteiger partial charge in [0.1, 0.15) is 0 Å². The molecule has 1 fully saturated rings. The van der Waals surface area contributed by atoms with Crippen molar-refractivity contribution >= 4 is 17.4 Å². The number of hydrogen-bond acceptors (Lipinski definition) is 5. The number of carbonyl (C=O) groups is 1. The lowest BCUT2D eigenvalue weighted by Crippen LogP contribution is -2.38. The maximum absolute atomic E-state index is 12.4. The van der Waals surface area contributed by atoms with Gasteiger partial charge in [0.2, 0.25) is 0 Å². The van der Waals surface area contributed by atoms with Crippen molar-refractivity contribution in [3.05, 3.63) is 36.0 Å². The lowest BCUT2D eigenvalue weighted by atomic mass is 9.87. The van der Waals surface area contributed by atoms with E-state index in [1.807, 2.05) is 30.3 Å². The Hall–Kier alpha value is -1.79. The molecule has 0 saturated heterocycles. The van der Waals surface area contributed by atoms with Crippen LogP contribution in [-0.4, -0.2) is 33.8 Å². The average molecular weight is 317 g/mol. The summed E-state index contributed by atoms with van der Waals surface area (Å²) in [6, 6.07) is 9.67. The van der Waals surface area contributed by atoms with Gasteiger partial charge in [-0.1, -0.05) is 47.7 Å². The highest BCUT2D eigenvalue weighted by atomic mass is 32.1. The normalized spacial score (nSPS) is 16.6. The number of amides is 1. The van der Waals surface area contributed by atoms with Crippen LogP contribution in [0.5, 0.6) is 0 Å². The smallest absolute Gasteiger partial charge is 0.273 e. The van der Waals surface area contributed by atoms with Gasteiger partial charge in [-0.15, -0.1) is 5.10 Å². The van der Waals surface area contributed by atoms with E-state index >= 15 is 0 Å². The van der Waals surface area contributed by atoms with E-state index in [9.17, 15) is 9.90 Å². The summed E-state index contributed by atoms with van der Waals surface area (Å²) in [4.78, 5) is 13.2. The van der Waals surface area contributed by atoms with E-state index in [2.05, 4.69) is 14.9 Å². The fraction of sp³-hybridized carbons (Fsp3) is 0.438. The summed E-state index contributed by atoms with van der Waals surface area (Å²) < 4.78 is 3.92. The number of aromatic nitrogens is 2. The summed E-state index contributed by atoms with van der Waals surface area (Å²) in [5.41, 5.74) is 1.15. The van der Waals surface area contributed by atoms with Crippen LogP contribution in [0.3, 0.4) is 0 Å². The minimum absolute atomic E-state index is 0.119. The highest BCUT2D eigenvalue weighted by molar-refractivity contribution is 7.09. The number of nitrogens with zero attached hydrogens (tertiary/aromatic N) is 2. The summed E-state index contributed by atoms with van der Waals surface area (Å²) in [7, 11) is 0. The van der Waals surface area contributed by atoms with Crippen LogP contribution < -0.4 is 5.32 Å². The Labute approximate surface area is 133 Å². The molecule has 0 atom stereocenters. The molecule has 2 N–H and O–H groups in total. The topological polar surface area (TPSA) is 75.1 Å². The second-order valence-electron chi connectivity index (χ2n) is 5.86. The van der Waals surface area contributed by atoms with Gasteiger partial charge in [0.05, 0.1) is 11.5 Å². The SMILES string of the molecule is O=C(NCC1(CO)CCCC1)c1nnsc1-c1ccccc1. The number of rotatable bonds is 5. The van der Waals surface area contributed by atoms with Crippen molar-refractivity contribution in [2.24, 2.45) is 5.41 Å². The number of nitrogens with one attached hydrogen (secondary N) is 1. The monoisotopic (exact) mass is 317 g/mol. The maximum atomic E-state index is 12.4. The summed E-state index contributed by atoms with van der Waals surface area (Å²) in [5, 5.41) is 16.5. The lowest BCUT2D eigenvalue weighted by molar-refractivity contribution is 0.0876. The molecule has 0 spiro atoms.